The van der Waals surface area contributed by atoms with Crippen LogP contribution in [0.1, 0.15) is 19.8 Å². The second-order valence-electron chi connectivity index (χ2n) is 4.89. The van der Waals surface area contributed by atoms with Crippen LogP contribution in [0.5, 0.6) is 0 Å². The fourth-order valence-corrected chi connectivity index (χ4v) is 4.26. The van der Waals surface area contributed by atoms with Gasteiger partial charge in [-0.25, -0.2) is 8.42 Å². The molecular weight excluding hydrogens is 335 g/mol. The smallest absolute Gasteiger partial charge is 0.243 e. The number of hydrogen-bond acceptors (Lipinski definition) is 4. The van der Waals surface area contributed by atoms with Gasteiger partial charge < -0.3 is 5.21 Å². The Labute approximate surface area is 134 Å². The average molecular weight is 351 g/mol. The molecule has 0 saturated carbocycles. The van der Waals surface area contributed by atoms with Crippen molar-refractivity contribution in [2.24, 2.45) is 11.1 Å². The van der Waals surface area contributed by atoms with Gasteiger partial charge in [-0.05, 0) is 24.6 Å². The molecule has 21 heavy (non-hydrogen) atoms. The van der Waals surface area contributed by atoms with Crippen LogP contribution in [0.3, 0.4) is 0 Å². The first-order valence-corrected chi connectivity index (χ1v) is 8.75. The summed E-state index contributed by atoms with van der Waals surface area (Å²) in [5, 5.41) is 12.7. The second kappa shape index (κ2) is 6.52. The van der Waals surface area contributed by atoms with Crippen LogP contribution in [0, 0.1) is 5.92 Å². The SMILES string of the molecule is CCC1CN(S(=O)(=O)c2ccc(Cl)c(Cl)c2)CC/C1=N\O. The zero-order chi connectivity index (χ0) is 15.6. The lowest BCUT2D eigenvalue weighted by Gasteiger charge is -2.32. The van der Waals surface area contributed by atoms with Crippen LogP contribution in [-0.4, -0.2) is 36.7 Å². The van der Waals surface area contributed by atoms with Crippen LogP contribution in [0.4, 0.5) is 0 Å². The van der Waals surface area contributed by atoms with Crippen LogP contribution < -0.4 is 0 Å². The molecule has 1 saturated heterocycles. The molecule has 0 spiro atoms. The lowest BCUT2D eigenvalue weighted by atomic mass is 9.95. The van der Waals surface area contributed by atoms with Crippen LogP contribution >= 0.6 is 23.2 Å². The molecule has 1 aromatic rings. The van der Waals surface area contributed by atoms with Crippen molar-refractivity contribution in [1.29, 1.82) is 0 Å². The molecule has 1 aromatic carbocycles. The Morgan fingerprint density at radius 2 is 2.10 bits per heavy atom. The molecule has 0 bridgehead atoms. The number of benzene rings is 1. The highest BCUT2D eigenvalue weighted by Crippen LogP contribution is 2.28. The summed E-state index contributed by atoms with van der Waals surface area (Å²) in [6, 6.07) is 4.27. The summed E-state index contributed by atoms with van der Waals surface area (Å²) in [5.74, 6) is -0.0682. The number of oxime groups is 1. The maximum absolute atomic E-state index is 12.6. The lowest BCUT2D eigenvalue weighted by molar-refractivity contribution is 0.295. The predicted molar refractivity (Wildman–Crippen MR) is 82.8 cm³/mol. The Balaban J connectivity index is 2.30. The highest BCUT2D eigenvalue weighted by molar-refractivity contribution is 7.89. The fourth-order valence-electron chi connectivity index (χ4n) is 2.39. The van der Waals surface area contributed by atoms with E-state index in [1.807, 2.05) is 6.92 Å². The molecule has 1 atom stereocenters. The van der Waals surface area contributed by atoms with Gasteiger partial charge in [0.2, 0.25) is 10.0 Å². The minimum atomic E-state index is -3.62. The Hall–Kier alpha value is -0.820. The first-order valence-electron chi connectivity index (χ1n) is 6.56. The Kier molecular flexibility index (Phi) is 5.14. The highest BCUT2D eigenvalue weighted by Gasteiger charge is 2.33. The van der Waals surface area contributed by atoms with Crippen molar-refractivity contribution in [3.05, 3.63) is 28.2 Å². The van der Waals surface area contributed by atoms with E-state index < -0.39 is 10.0 Å². The zero-order valence-corrected chi connectivity index (χ0v) is 13.8. The second-order valence-corrected chi connectivity index (χ2v) is 7.64. The van der Waals surface area contributed by atoms with Gasteiger partial charge in [0.1, 0.15) is 0 Å². The third kappa shape index (κ3) is 3.34. The van der Waals surface area contributed by atoms with Crippen molar-refractivity contribution < 1.29 is 13.6 Å². The number of sulfonamides is 1. The Morgan fingerprint density at radius 1 is 1.38 bits per heavy atom. The molecule has 1 fully saturated rings. The van der Waals surface area contributed by atoms with E-state index in [0.29, 0.717) is 36.7 Å². The standard InChI is InChI=1S/C13H16Cl2N2O3S/c1-2-9-8-17(6-5-13(9)16-18)21(19,20)10-3-4-11(14)12(15)7-10/h3-4,7,9,18H,2,5-6,8H2,1H3/b16-13+. The van der Waals surface area contributed by atoms with Gasteiger partial charge in [-0.2, -0.15) is 4.31 Å². The molecule has 0 amide bonds. The predicted octanol–water partition coefficient (Wildman–Crippen LogP) is 3.24. The van der Waals surface area contributed by atoms with E-state index >= 15 is 0 Å². The topological polar surface area (TPSA) is 70.0 Å². The van der Waals surface area contributed by atoms with E-state index in [9.17, 15) is 8.42 Å². The lowest BCUT2D eigenvalue weighted by Crippen LogP contribution is -2.43. The van der Waals surface area contributed by atoms with Gasteiger partial charge in [0.25, 0.3) is 0 Å². The third-order valence-corrected chi connectivity index (χ3v) is 6.26. The normalized spacial score (nSPS) is 22.6. The van der Waals surface area contributed by atoms with Crippen molar-refractivity contribution in [3.8, 4) is 0 Å². The van der Waals surface area contributed by atoms with E-state index in [-0.39, 0.29) is 15.8 Å². The highest BCUT2D eigenvalue weighted by atomic mass is 35.5. The minimum Gasteiger partial charge on any atom is -0.411 e. The number of rotatable bonds is 3. The summed E-state index contributed by atoms with van der Waals surface area (Å²) in [5.41, 5.74) is 0.651. The van der Waals surface area contributed by atoms with Crippen LogP contribution in [0.15, 0.2) is 28.3 Å². The van der Waals surface area contributed by atoms with E-state index in [1.54, 1.807) is 0 Å². The maximum Gasteiger partial charge on any atom is 0.243 e. The van der Waals surface area contributed by atoms with Gasteiger partial charge >= 0.3 is 0 Å². The quantitative estimate of drug-likeness (QED) is 0.671. The fraction of sp³-hybridized carbons (Fsp3) is 0.462. The molecule has 2 rings (SSSR count). The molecule has 116 valence electrons. The summed E-state index contributed by atoms with van der Waals surface area (Å²) >= 11 is 11.7. The molecule has 8 heteroatoms. The molecule has 1 N–H and O–H groups in total. The minimum absolute atomic E-state index is 0.0682. The Morgan fingerprint density at radius 3 is 2.67 bits per heavy atom. The van der Waals surface area contributed by atoms with Crippen LogP contribution in [-0.2, 0) is 10.0 Å². The number of piperidine rings is 1. The van der Waals surface area contributed by atoms with Crippen molar-refractivity contribution >= 4 is 38.9 Å². The first-order chi connectivity index (χ1) is 9.90. The van der Waals surface area contributed by atoms with Crippen LogP contribution in [0.2, 0.25) is 10.0 Å². The van der Waals surface area contributed by atoms with Gasteiger partial charge in [0.15, 0.2) is 0 Å². The summed E-state index contributed by atoms with van der Waals surface area (Å²) in [6.45, 7) is 2.53. The molecule has 1 unspecified atom stereocenters. The largest absolute Gasteiger partial charge is 0.411 e. The number of nitrogens with zero attached hydrogens (tertiary/aromatic N) is 2. The van der Waals surface area contributed by atoms with E-state index in [2.05, 4.69) is 5.16 Å². The molecule has 0 aromatic heterocycles. The summed E-state index contributed by atoms with van der Waals surface area (Å²) in [4.78, 5) is 0.121. The molecule has 5 nitrogen and oxygen atoms in total. The molecular formula is C13H16Cl2N2O3S. The van der Waals surface area contributed by atoms with Gasteiger partial charge in [-0.15, -0.1) is 0 Å². The van der Waals surface area contributed by atoms with E-state index in [0.717, 1.165) is 0 Å². The van der Waals surface area contributed by atoms with E-state index in [1.165, 1.54) is 22.5 Å². The first kappa shape index (κ1) is 16.5. The molecule has 0 radical (unpaired) electrons. The van der Waals surface area contributed by atoms with E-state index in [4.69, 9.17) is 28.4 Å². The number of halogens is 2. The van der Waals surface area contributed by atoms with Crippen molar-refractivity contribution in [2.45, 2.75) is 24.7 Å². The molecule has 0 aliphatic carbocycles. The summed E-state index contributed by atoms with van der Waals surface area (Å²) in [6.07, 6.45) is 1.14. The monoisotopic (exact) mass is 350 g/mol. The summed E-state index contributed by atoms with van der Waals surface area (Å²) < 4.78 is 26.7. The van der Waals surface area contributed by atoms with Crippen molar-refractivity contribution in [1.82, 2.24) is 4.31 Å². The Bertz CT molecular complexity index is 661. The van der Waals surface area contributed by atoms with Gasteiger partial charge in [-0.1, -0.05) is 35.3 Å². The third-order valence-electron chi connectivity index (χ3n) is 3.66. The molecule has 1 aliphatic rings. The van der Waals surface area contributed by atoms with Crippen molar-refractivity contribution in [3.63, 3.8) is 0 Å². The van der Waals surface area contributed by atoms with Crippen LogP contribution in [0.25, 0.3) is 0 Å². The van der Waals surface area contributed by atoms with Crippen molar-refractivity contribution in [2.75, 3.05) is 13.1 Å². The summed E-state index contributed by atoms with van der Waals surface area (Å²) in [7, 11) is -3.62. The van der Waals surface area contributed by atoms with Gasteiger partial charge in [0.05, 0.1) is 20.7 Å². The molecule has 1 heterocycles. The van der Waals surface area contributed by atoms with Gasteiger partial charge in [0, 0.05) is 25.4 Å². The van der Waals surface area contributed by atoms with Gasteiger partial charge in [-0.3, -0.25) is 0 Å². The zero-order valence-electron chi connectivity index (χ0n) is 11.5. The average Bonchev–Trinajstić information content (AvgIpc) is 2.49. The number of hydrogen-bond donors (Lipinski definition) is 1. The molecule has 1 aliphatic heterocycles. The maximum atomic E-state index is 12.6.